The molecule has 0 N–H and O–H groups in total. The summed E-state index contributed by atoms with van der Waals surface area (Å²) in [6.07, 6.45) is 0. The molecule has 0 aromatic heterocycles. The Morgan fingerprint density at radius 3 is 2.31 bits per heavy atom. The molecule has 0 amide bonds. The number of rotatable bonds is 2. The molecule has 68 valence electrons. The molecule has 0 radical (unpaired) electrons. The van der Waals surface area contributed by atoms with Crippen LogP contribution in [0.15, 0.2) is 24.3 Å². The average molecular weight is 199 g/mol. The number of thioether (sulfide) groups is 1. The Balaban J connectivity index is 2.95. The number of alkyl halides is 2. The van der Waals surface area contributed by atoms with Crippen molar-refractivity contribution in [1.29, 1.82) is 5.26 Å². The van der Waals surface area contributed by atoms with E-state index in [1.807, 2.05) is 6.92 Å². The van der Waals surface area contributed by atoms with Crippen LogP contribution in [-0.4, -0.2) is 0 Å². The highest BCUT2D eigenvalue weighted by Crippen LogP contribution is 2.38. The normalized spacial score (nSPS) is 10.9. The molecule has 0 saturated heterocycles. The first-order valence-electron chi connectivity index (χ1n) is 3.58. The first-order valence-corrected chi connectivity index (χ1v) is 4.40. The number of nitrogens with zero attached hydrogens (tertiary/aromatic N) is 1. The minimum atomic E-state index is -3.11. The Hall–Kier alpha value is -1.08. The molecule has 0 heterocycles. The van der Waals surface area contributed by atoms with Gasteiger partial charge in [-0.3, -0.25) is 0 Å². The van der Waals surface area contributed by atoms with E-state index in [0.717, 1.165) is 5.56 Å². The van der Waals surface area contributed by atoms with Crippen LogP contribution in [-0.2, 0) is 5.25 Å². The summed E-state index contributed by atoms with van der Waals surface area (Å²) >= 11 is -0.0353. The van der Waals surface area contributed by atoms with Crippen molar-refractivity contribution in [3.63, 3.8) is 0 Å². The highest BCUT2D eigenvalue weighted by atomic mass is 32.2. The quantitative estimate of drug-likeness (QED) is 0.682. The van der Waals surface area contributed by atoms with Gasteiger partial charge in [0.25, 0.3) is 0 Å². The first kappa shape index (κ1) is 10.0. The minimum absolute atomic E-state index is 0.0353. The van der Waals surface area contributed by atoms with Crippen molar-refractivity contribution in [3.05, 3.63) is 35.4 Å². The molecule has 0 unspecified atom stereocenters. The van der Waals surface area contributed by atoms with Crippen LogP contribution in [0.2, 0.25) is 0 Å². The third-order valence-corrected chi connectivity index (χ3v) is 2.14. The monoisotopic (exact) mass is 199 g/mol. The molecule has 0 saturated carbocycles. The molecule has 1 rings (SSSR count). The third kappa shape index (κ3) is 2.43. The topological polar surface area (TPSA) is 23.8 Å². The zero-order valence-electron chi connectivity index (χ0n) is 6.92. The summed E-state index contributed by atoms with van der Waals surface area (Å²) in [5, 5.41) is 6.43. The second-order valence-corrected chi connectivity index (χ2v) is 3.48. The van der Waals surface area contributed by atoms with Crippen LogP contribution in [0, 0.1) is 17.6 Å². The van der Waals surface area contributed by atoms with Gasteiger partial charge in [-0.1, -0.05) is 29.8 Å². The van der Waals surface area contributed by atoms with Crippen LogP contribution < -0.4 is 0 Å². The first-order chi connectivity index (χ1) is 6.06. The van der Waals surface area contributed by atoms with Crippen LogP contribution in [0.1, 0.15) is 11.1 Å². The van der Waals surface area contributed by atoms with E-state index in [1.54, 1.807) is 12.1 Å². The Morgan fingerprint density at radius 1 is 1.31 bits per heavy atom. The van der Waals surface area contributed by atoms with E-state index in [-0.39, 0.29) is 17.3 Å². The summed E-state index contributed by atoms with van der Waals surface area (Å²) in [6.45, 7) is 1.82. The summed E-state index contributed by atoms with van der Waals surface area (Å²) in [5.74, 6) is 0. The maximum absolute atomic E-state index is 13.0. The third-order valence-electron chi connectivity index (χ3n) is 1.56. The van der Waals surface area contributed by atoms with Gasteiger partial charge in [0.2, 0.25) is 0 Å². The molecule has 0 aliphatic carbocycles. The van der Waals surface area contributed by atoms with E-state index in [9.17, 15) is 8.78 Å². The number of thiocyanates is 1. The molecule has 1 aromatic rings. The predicted octanol–water partition coefficient (Wildman–Crippen LogP) is 3.26. The van der Waals surface area contributed by atoms with Gasteiger partial charge in [-0.05, 0) is 6.92 Å². The van der Waals surface area contributed by atoms with E-state index in [2.05, 4.69) is 0 Å². The van der Waals surface area contributed by atoms with Crippen molar-refractivity contribution in [2.75, 3.05) is 0 Å². The zero-order valence-corrected chi connectivity index (χ0v) is 7.74. The van der Waals surface area contributed by atoms with Gasteiger partial charge in [0.1, 0.15) is 5.40 Å². The fourth-order valence-corrected chi connectivity index (χ4v) is 1.23. The number of benzene rings is 1. The summed E-state index contributed by atoms with van der Waals surface area (Å²) in [4.78, 5) is 0. The lowest BCUT2D eigenvalue weighted by molar-refractivity contribution is 0.106. The molecule has 1 nitrogen and oxygen atoms in total. The fourth-order valence-electron chi connectivity index (χ4n) is 0.864. The second kappa shape index (κ2) is 3.75. The number of hydrogen-bond donors (Lipinski definition) is 0. The van der Waals surface area contributed by atoms with Crippen LogP contribution in [0.5, 0.6) is 0 Å². The maximum atomic E-state index is 13.0. The predicted molar refractivity (Wildman–Crippen MR) is 48.3 cm³/mol. The van der Waals surface area contributed by atoms with Gasteiger partial charge in [-0.15, -0.1) is 0 Å². The van der Waals surface area contributed by atoms with Crippen molar-refractivity contribution in [1.82, 2.24) is 0 Å². The van der Waals surface area contributed by atoms with Gasteiger partial charge in [-0.25, -0.2) is 0 Å². The lowest BCUT2D eigenvalue weighted by Gasteiger charge is -2.11. The Labute approximate surface area is 79.4 Å². The van der Waals surface area contributed by atoms with Crippen LogP contribution in [0.3, 0.4) is 0 Å². The highest BCUT2D eigenvalue weighted by Gasteiger charge is 2.32. The van der Waals surface area contributed by atoms with Gasteiger partial charge in [0.15, 0.2) is 0 Å². The smallest absolute Gasteiger partial charge is 0.187 e. The second-order valence-electron chi connectivity index (χ2n) is 2.58. The number of hydrogen-bond acceptors (Lipinski definition) is 2. The molecule has 13 heavy (non-hydrogen) atoms. The number of halogens is 2. The highest BCUT2D eigenvalue weighted by molar-refractivity contribution is 8.04. The van der Waals surface area contributed by atoms with E-state index in [1.165, 1.54) is 17.5 Å². The van der Waals surface area contributed by atoms with Gasteiger partial charge < -0.3 is 0 Å². The van der Waals surface area contributed by atoms with Crippen LogP contribution in [0.25, 0.3) is 0 Å². The molecule has 4 heteroatoms. The Kier molecular flexibility index (Phi) is 2.89. The van der Waals surface area contributed by atoms with E-state index < -0.39 is 5.25 Å². The standard InChI is InChI=1S/C9H7F2NS/c1-7-2-4-8(5-3-7)9(10,11)13-6-12/h2-5H,1H3. The number of aryl methyl sites for hydroxylation is 1. The molecule has 0 bridgehead atoms. The largest absolute Gasteiger partial charge is 0.332 e. The summed E-state index contributed by atoms with van der Waals surface area (Å²) in [7, 11) is 0. The SMILES string of the molecule is Cc1ccc(C(F)(F)SC#N)cc1. The Bertz CT molecular complexity index is 326. The summed E-state index contributed by atoms with van der Waals surface area (Å²) in [5.41, 5.74) is 0.783. The molecule has 0 fully saturated rings. The molecule has 0 atom stereocenters. The van der Waals surface area contributed by atoms with Gasteiger partial charge in [0, 0.05) is 17.3 Å². The average Bonchev–Trinajstić information content (AvgIpc) is 2.05. The van der Waals surface area contributed by atoms with E-state index in [0.29, 0.717) is 0 Å². The van der Waals surface area contributed by atoms with Crippen molar-refractivity contribution in [2.45, 2.75) is 12.2 Å². The molecule has 0 aliphatic heterocycles. The van der Waals surface area contributed by atoms with Crippen molar-refractivity contribution < 1.29 is 8.78 Å². The zero-order chi connectivity index (χ0) is 9.90. The van der Waals surface area contributed by atoms with Crippen LogP contribution in [0.4, 0.5) is 8.78 Å². The lowest BCUT2D eigenvalue weighted by Crippen LogP contribution is -2.06. The minimum Gasteiger partial charge on any atom is -0.187 e. The summed E-state index contributed by atoms with van der Waals surface area (Å²) < 4.78 is 26.1. The molecule has 1 aromatic carbocycles. The fraction of sp³-hybridized carbons (Fsp3) is 0.222. The van der Waals surface area contributed by atoms with E-state index in [4.69, 9.17) is 5.26 Å². The lowest BCUT2D eigenvalue weighted by atomic mass is 10.2. The molecular weight excluding hydrogens is 192 g/mol. The number of nitriles is 1. The van der Waals surface area contributed by atoms with Gasteiger partial charge in [0.05, 0.1) is 0 Å². The molecule has 0 aliphatic rings. The van der Waals surface area contributed by atoms with Crippen molar-refractivity contribution in [3.8, 4) is 5.40 Å². The maximum Gasteiger partial charge on any atom is 0.332 e. The van der Waals surface area contributed by atoms with Crippen molar-refractivity contribution in [2.24, 2.45) is 0 Å². The van der Waals surface area contributed by atoms with E-state index >= 15 is 0 Å². The Morgan fingerprint density at radius 2 is 1.85 bits per heavy atom. The van der Waals surface area contributed by atoms with Gasteiger partial charge >= 0.3 is 5.25 Å². The van der Waals surface area contributed by atoms with Gasteiger partial charge in [-0.2, -0.15) is 14.0 Å². The molecular formula is C9H7F2NS. The van der Waals surface area contributed by atoms with Crippen molar-refractivity contribution >= 4 is 11.8 Å². The van der Waals surface area contributed by atoms with Crippen LogP contribution >= 0.6 is 11.8 Å². The molecule has 0 spiro atoms. The summed E-state index contributed by atoms with van der Waals surface area (Å²) in [6, 6.07) is 5.86.